The summed E-state index contributed by atoms with van der Waals surface area (Å²) >= 11 is 0. The highest BCUT2D eigenvalue weighted by Crippen LogP contribution is 2.16. The Morgan fingerprint density at radius 3 is 2.44 bits per heavy atom. The molecule has 0 N–H and O–H groups in total. The van der Waals surface area contributed by atoms with Crippen molar-refractivity contribution in [1.29, 1.82) is 5.26 Å². The summed E-state index contributed by atoms with van der Waals surface area (Å²) in [5, 5.41) is 8.77. The quantitative estimate of drug-likeness (QED) is 0.778. The van der Waals surface area contributed by atoms with Gasteiger partial charge in [0.25, 0.3) is 0 Å². The summed E-state index contributed by atoms with van der Waals surface area (Å²) in [6.07, 6.45) is 0. The zero-order valence-corrected chi connectivity index (χ0v) is 9.78. The molecule has 16 heavy (non-hydrogen) atoms. The van der Waals surface area contributed by atoms with E-state index >= 15 is 0 Å². The standard InChI is InChI=1S/C13H15NO2/c1-10-4-6-11(7-5-10)16-8-12(15)13(2,3)9-14/h4-7H,8H2,1-3H3. The molecule has 0 fully saturated rings. The van der Waals surface area contributed by atoms with Crippen LogP contribution in [0.2, 0.25) is 0 Å². The molecule has 0 atom stereocenters. The molecule has 0 aliphatic carbocycles. The summed E-state index contributed by atoms with van der Waals surface area (Å²) in [5.74, 6) is 0.434. The van der Waals surface area contributed by atoms with Crippen LogP contribution in [0.3, 0.4) is 0 Å². The van der Waals surface area contributed by atoms with Gasteiger partial charge in [-0.1, -0.05) is 17.7 Å². The molecule has 0 unspecified atom stereocenters. The summed E-state index contributed by atoms with van der Waals surface area (Å²) in [5.41, 5.74) is 0.154. The van der Waals surface area contributed by atoms with Gasteiger partial charge in [0, 0.05) is 0 Å². The van der Waals surface area contributed by atoms with Crippen molar-refractivity contribution in [2.75, 3.05) is 6.61 Å². The van der Waals surface area contributed by atoms with Crippen molar-refractivity contribution < 1.29 is 9.53 Å². The van der Waals surface area contributed by atoms with Crippen molar-refractivity contribution in [2.24, 2.45) is 5.41 Å². The van der Waals surface area contributed by atoms with Crippen LogP contribution in [-0.4, -0.2) is 12.4 Å². The van der Waals surface area contributed by atoms with Crippen LogP contribution >= 0.6 is 0 Å². The fourth-order valence-corrected chi connectivity index (χ4v) is 1.03. The van der Waals surface area contributed by atoms with Crippen LogP contribution in [-0.2, 0) is 4.79 Å². The van der Waals surface area contributed by atoms with E-state index in [1.165, 1.54) is 0 Å². The average Bonchev–Trinajstić information content (AvgIpc) is 2.28. The van der Waals surface area contributed by atoms with Gasteiger partial charge in [0.05, 0.1) is 6.07 Å². The van der Waals surface area contributed by atoms with E-state index in [4.69, 9.17) is 10.00 Å². The molecule has 1 aromatic rings. The third kappa shape index (κ3) is 3.09. The maximum Gasteiger partial charge on any atom is 0.189 e. The van der Waals surface area contributed by atoms with Gasteiger partial charge in [0.2, 0.25) is 0 Å². The Hall–Kier alpha value is -1.82. The maximum absolute atomic E-state index is 11.6. The van der Waals surface area contributed by atoms with Gasteiger partial charge in [-0.15, -0.1) is 0 Å². The zero-order chi connectivity index (χ0) is 12.2. The number of nitriles is 1. The van der Waals surface area contributed by atoms with E-state index in [0.717, 1.165) is 5.56 Å². The smallest absolute Gasteiger partial charge is 0.189 e. The van der Waals surface area contributed by atoms with Gasteiger partial charge < -0.3 is 4.74 Å². The van der Waals surface area contributed by atoms with E-state index in [2.05, 4.69) is 0 Å². The number of hydrogen-bond acceptors (Lipinski definition) is 3. The Kier molecular flexibility index (Phi) is 3.68. The Balaban J connectivity index is 2.56. The van der Waals surface area contributed by atoms with E-state index in [9.17, 15) is 4.79 Å². The van der Waals surface area contributed by atoms with Crippen molar-refractivity contribution in [3.8, 4) is 11.8 Å². The minimum absolute atomic E-state index is 0.0659. The first-order chi connectivity index (χ1) is 7.45. The van der Waals surface area contributed by atoms with Crippen molar-refractivity contribution in [1.82, 2.24) is 0 Å². The lowest BCUT2D eigenvalue weighted by Crippen LogP contribution is -2.27. The molecule has 0 saturated carbocycles. The predicted molar refractivity (Wildman–Crippen MR) is 61.1 cm³/mol. The summed E-state index contributed by atoms with van der Waals surface area (Å²) in [6, 6.07) is 9.40. The highest BCUT2D eigenvalue weighted by atomic mass is 16.5. The molecule has 1 aromatic carbocycles. The summed E-state index contributed by atoms with van der Waals surface area (Å²) in [4.78, 5) is 11.6. The average molecular weight is 217 g/mol. The Morgan fingerprint density at radius 2 is 1.94 bits per heavy atom. The van der Waals surface area contributed by atoms with Gasteiger partial charge >= 0.3 is 0 Å². The van der Waals surface area contributed by atoms with E-state index in [1.807, 2.05) is 37.3 Å². The van der Waals surface area contributed by atoms with Gasteiger partial charge in [0.1, 0.15) is 17.8 Å². The zero-order valence-electron chi connectivity index (χ0n) is 9.78. The van der Waals surface area contributed by atoms with Crippen LogP contribution in [0.15, 0.2) is 24.3 Å². The number of nitrogens with zero attached hydrogens (tertiary/aromatic N) is 1. The molecule has 0 aliphatic rings. The largest absolute Gasteiger partial charge is 0.486 e. The number of hydrogen-bond donors (Lipinski definition) is 0. The van der Waals surface area contributed by atoms with Gasteiger partial charge in [-0.05, 0) is 32.9 Å². The molecule has 3 nitrogen and oxygen atoms in total. The van der Waals surface area contributed by atoms with Crippen LogP contribution in [0.25, 0.3) is 0 Å². The lowest BCUT2D eigenvalue weighted by atomic mass is 9.90. The molecule has 0 aromatic heterocycles. The Bertz CT molecular complexity index is 413. The molecule has 0 radical (unpaired) electrons. The van der Waals surface area contributed by atoms with Crippen molar-refractivity contribution in [2.45, 2.75) is 20.8 Å². The third-order valence-corrected chi connectivity index (χ3v) is 2.37. The van der Waals surface area contributed by atoms with Gasteiger partial charge in [-0.2, -0.15) is 5.26 Å². The molecular weight excluding hydrogens is 202 g/mol. The van der Waals surface area contributed by atoms with Crippen LogP contribution < -0.4 is 4.74 Å². The van der Waals surface area contributed by atoms with E-state index in [0.29, 0.717) is 5.75 Å². The van der Waals surface area contributed by atoms with E-state index in [-0.39, 0.29) is 12.4 Å². The molecule has 0 heterocycles. The number of carbonyl (C=O) groups is 1. The molecule has 3 heteroatoms. The second kappa shape index (κ2) is 4.80. The molecular formula is C13H15NO2. The minimum atomic E-state index is -0.981. The first kappa shape index (κ1) is 12.3. The lowest BCUT2D eigenvalue weighted by molar-refractivity contribution is -0.126. The summed E-state index contributed by atoms with van der Waals surface area (Å²) in [6.45, 7) is 5.10. The molecule has 84 valence electrons. The van der Waals surface area contributed by atoms with E-state index in [1.54, 1.807) is 13.8 Å². The molecule has 0 spiro atoms. The topological polar surface area (TPSA) is 50.1 Å². The fourth-order valence-electron chi connectivity index (χ4n) is 1.03. The number of aryl methyl sites for hydroxylation is 1. The number of Topliss-reactive ketones (excluding diaryl/α,β-unsaturated/α-hetero) is 1. The van der Waals surface area contributed by atoms with Crippen LogP contribution in [0.5, 0.6) is 5.75 Å². The number of ether oxygens (including phenoxy) is 1. The fraction of sp³-hybridized carbons (Fsp3) is 0.385. The molecule has 0 bridgehead atoms. The summed E-state index contributed by atoms with van der Waals surface area (Å²) < 4.78 is 5.31. The highest BCUT2D eigenvalue weighted by molar-refractivity contribution is 5.87. The first-order valence-corrected chi connectivity index (χ1v) is 5.10. The lowest BCUT2D eigenvalue weighted by Gasteiger charge is -2.14. The number of rotatable bonds is 4. The van der Waals surface area contributed by atoms with Gasteiger partial charge in [0.15, 0.2) is 5.78 Å². The second-order valence-electron chi connectivity index (χ2n) is 4.26. The molecule has 0 saturated heterocycles. The van der Waals surface area contributed by atoms with Gasteiger partial charge in [-0.3, -0.25) is 4.79 Å². The van der Waals surface area contributed by atoms with Crippen molar-refractivity contribution in [3.63, 3.8) is 0 Å². The Labute approximate surface area is 95.7 Å². The first-order valence-electron chi connectivity index (χ1n) is 5.10. The minimum Gasteiger partial charge on any atom is -0.486 e. The van der Waals surface area contributed by atoms with E-state index < -0.39 is 5.41 Å². The monoisotopic (exact) mass is 217 g/mol. The van der Waals surface area contributed by atoms with Crippen molar-refractivity contribution in [3.05, 3.63) is 29.8 Å². The van der Waals surface area contributed by atoms with Crippen LogP contribution in [0.1, 0.15) is 19.4 Å². The molecule has 0 aliphatic heterocycles. The van der Waals surface area contributed by atoms with Crippen LogP contribution in [0, 0.1) is 23.7 Å². The normalized spacial score (nSPS) is 10.6. The molecule has 0 amide bonds. The number of ketones is 1. The number of benzene rings is 1. The van der Waals surface area contributed by atoms with Crippen LogP contribution in [0.4, 0.5) is 0 Å². The second-order valence-corrected chi connectivity index (χ2v) is 4.26. The number of carbonyl (C=O) groups excluding carboxylic acids is 1. The SMILES string of the molecule is Cc1ccc(OCC(=O)C(C)(C)C#N)cc1. The Morgan fingerprint density at radius 1 is 1.38 bits per heavy atom. The summed E-state index contributed by atoms with van der Waals surface area (Å²) in [7, 11) is 0. The molecule has 1 rings (SSSR count). The highest BCUT2D eigenvalue weighted by Gasteiger charge is 2.27. The maximum atomic E-state index is 11.6. The third-order valence-electron chi connectivity index (χ3n) is 2.37. The predicted octanol–water partition coefficient (Wildman–Crippen LogP) is 2.49. The van der Waals surface area contributed by atoms with Crippen molar-refractivity contribution >= 4 is 5.78 Å². The van der Waals surface area contributed by atoms with Gasteiger partial charge in [-0.25, -0.2) is 0 Å².